The van der Waals surface area contributed by atoms with Gasteiger partial charge in [-0.05, 0) is 24.7 Å². The lowest BCUT2D eigenvalue weighted by atomic mass is 10.3. The van der Waals surface area contributed by atoms with E-state index in [9.17, 15) is 8.42 Å². The normalized spacial score (nSPS) is 11.9. The highest BCUT2D eigenvalue weighted by Gasteiger charge is 2.18. The van der Waals surface area contributed by atoms with Crippen molar-refractivity contribution in [3.63, 3.8) is 0 Å². The van der Waals surface area contributed by atoms with Crippen LogP contribution < -0.4 is 10.0 Å². The summed E-state index contributed by atoms with van der Waals surface area (Å²) in [5.74, 6) is 0.599. The second-order valence-electron chi connectivity index (χ2n) is 4.63. The number of aryl methyl sites for hydroxylation is 1. The number of hydrogen-bond donors (Lipinski definition) is 2. The SMILES string of the molecule is CCNCc1ccc(S(=O)(=O)NCCc2ccn(C)n2)o1. The summed E-state index contributed by atoms with van der Waals surface area (Å²) in [7, 11) is -1.79. The maximum atomic E-state index is 12.1. The van der Waals surface area contributed by atoms with Gasteiger partial charge in [0.2, 0.25) is 5.09 Å². The lowest BCUT2D eigenvalue weighted by Gasteiger charge is -2.03. The molecule has 2 N–H and O–H groups in total. The van der Waals surface area contributed by atoms with Crippen LogP contribution in [-0.2, 0) is 30.0 Å². The van der Waals surface area contributed by atoms with Crippen molar-refractivity contribution in [2.24, 2.45) is 7.05 Å². The van der Waals surface area contributed by atoms with Gasteiger partial charge in [-0.25, -0.2) is 13.1 Å². The van der Waals surface area contributed by atoms with Crippen LogP contribution in [0.5, 0.6) is 0 Å². The van der Waals surface area contributed by atoms with Gasteiger partial charge < -0.3 is 9.73 Å². The Morgan fingerprint density at radius 3 is 2.81 bits per heavy atom. The summed E-state index contributed by atoms with van der Waals surface area (Å²) in [6.45, 7) is 3.56. The van der Waals surface area contributed by atoms with Crippen LogP contribution in [-0.4, -0.2) is 31.3 Å². The number of hydrogen-bond acceptors (Lipinski definition) is 5. The third kappa shape index (κ3) is 4.42. The molecule has 0 fully saturated rings. The first-order valence-corrected chi connectivity index (χ1v) is 8.27. The Morgan fingerprint density at radius 1 is 1.33 bits per heavy atom. The van der Waals surface area contributed by atoms with E-state index in [4.69, 9.17) is 4.42 Å². The molecule has 2 rings (SSSR count). The summed E-state index contributed by atoms with van der Waals surface area (Å²) < 4.78 is 33.6. The molecule has 2 aromatic rings. The Labute approximate surface area is 124 Å². The predicted octanol–water partition coefficient (Wildman–Crippen LogP) is 0.644. The van der Waals surface area contributed by atoms with E-state index in [1.807, 2.05) is 26.2 Å². The van der Waals surface area contributed by atoms with Gasteiger partial charge in [0.15, 0.2) is 0 Å². The van der Waals surface area contributed by atoms with E-state index in [0.29, 0.717) is 18.7 Å². The van der Waals surface area contributed by atoms with Gasteiger partial charge in [0, 0.05) is 26.2 Å². The van der Waals surface area contributed by atoms with E-state index in [1.54, 1.807) is 10.7 Å². The molecule has 8 heteroatoms. The summed E-state index contributed by atoms with van der Waals surface area (Å²) in [6, 6.07) is 4.99. The van der Waals surface area contributed by atoms with Crippen LogP contribution >= 0.6 is 0 Å². The number of aromatic nitrogens is 2. The van der Waals surface area contributed by atoms with Crippen LogP contribution in [0.1, 0.15) is 18.4 Å². The van der Waals surface area contributed by atoms with Crippen LogP contribution in [0.3, 0.4) is 0 Å². The molecule has 0 spiro atoms. The topological polar surface area (TPSA) is 89.2 Å². The first-order chi connectivity index (χ1) is 10.0. The van der Waals surface area contributed by atoms with Crippen molar-refractivity contribution in [2.75, 3.05) is 13.1 Å². The third-order valence-electron chi connectivity index (χ3n) is 2.89. The van der Waals surface area contributed by atoms with E-state index in [-0.39, 0.29) is 11.6 Å². The average Bonchev–Trinajstić information content (AvgIpc) is 3.06. The van der Waals surface area contributed by atoms with Gasteiger partial charge in [0.05, 0.1) is 12.2 Å². The Balaban J connectivity index is 1.90. The molecule has 0 amide bonds. The van der Waals surface area contributed by atoms with Crippen molar-refractivity contribution in [3.8, 4) is 0 Å². The molecule has 2 aromatic heterocycles. The zero-order valence-electron chi connectivity index (χ0n) is 12.2. The minimum Gasteiger partial charge on any atom is -0.447 e. The third-order valence-corrected chi connectivity index (χ3v) is 4.23. The summed E-state index contributed by atoms with van der Waals surface area (Å²) in [5.41, 5.74) is 0.840. The minimum atomic E-state index is -3.61. The Kier molecular flexibility index (Phi) is 5.16. The van der Waals surface area contributed by atoms with Gasteiger partial charge in [-0.15, -0.1) is 0 Å². The van der Waals surface area contributed by atoms with Crippen LogP contribution in [0.4, 0.5) is 0 Å². The number of nitrogens with zero attached hydrogens (tertiary/aromatic N) is 2. The molecule has 0 atom stereocenters. The van der Waals surface area contributed by atoms with Crippen molar-refractivity contribution in [3.05, 3.63) is 35.9 Å². The van der Waals surface area contributed by atoms with Crippen LogP contribution in [0.2, 0.25) is 0 Å². The van der Waals surface area contributed by atoms with E-state index in [2.05, 4.69) is 15.1 Å². The van der Waals surface area contributed by atoms with Gasteiger partial charge in [-0.2, -0.15) is 5.10 Å². The van der Waals surface area contributed by atoms with Crippen molar-refractivity contribution in [1.29, 1.82) is 0 Å². The van der Waals surface area contributed by atoms with Crippen LogP contribution in [0.25, 0.3) is 0 Å². The second kappa shape index (κ2) is 6.88. The first kappa shape index (κ1) is 15.7. The highest BCUT2D eigenvalue weighted by Crippen LogP contribution is 2.13. The van der Waals surface area contributed by atoms with E-state index < -0.39 is 10.0 Å². The zero-order valence-corrected chi connectivity index (χ0v) is 13.0. The first-order valence-electron chi connectivity index (χ1n) is 6.79. The number of sulfonamides is 1. The summed E-state index contributed by atoms with van der Waals surface area (Å²) in [4.78, 5) is 0. The van der Waals surface area contributed by atoms with Gasteiger partial charge >= 0.3 is 0 Å². The summed E-state index contributed by atoms with van der Waals surface area (Å²) in [5, 5.41) is 7.21. The molecule has 2 heterocycles. The molecule has 0 aromatic carbocycles. The molecule has 0 aliphatic carbocycles. The van der Waals surface area contributed by atoms with E-state index in [1.165, 1.54) is 6.07 Å². The fourth-order valence-electron chi connectivity index (χ4n) is 1.83. The molecular formula is C13H20N4O3S. The maximum absolute atomic E-state index is 12.1. The molecular weight excluding hydrogens is 292 g/mol. The number of rotatable bonds is 8. The number of nitrogens with one attached hydrogen (secondary N) is 2. The average molecular weight is 312 g/mol. The minimum absolute atomic E-state index is 0.0589. The largest absolute Gasteiger partial charge is 0.447 e. The van der Waals surface area contributed by atoms with Crippen molar-refractivity contribution >= 4 is 10.0 Å². The highest BCUT2D eigenvalue weighted by molar-refractivity contribution is 7.89. The highest BCUT2D eigenvalue weighted by atomic mass is 32.2. The van der Waals surface area contributed by atoms with E-state index in [0.717, 1.165) is 12.2 Å². The van der Waals surface area contributed by atoms with E-state index >= 15 is 0 Å². The molecule has 7 nitrogen and oxygen atoms in total. The monoisotopic (exact) mass is 312 g/mol. The standard InChI is InChI=1S/C13H20N4O3S/c1-3-14-10-12-4-5-13(20-12)21(18,19)15-8-6-11-7-9-17(2)16-11/h4-5,7,9,14-15H,3,6,8,10H2,1-2H3. The van der Waals surface area contributed by atoms with Crippen LogP contribution in [0, 0.1) is 0 Å². The lowest BCUT2D eigenvalue weighted by molar-refractivity contribution is 0.401. The molecule has 116 valence electrons. The Hall–Kier alpha value is -1.64. The Morgan fingerprint density at radius 2 is 2.14 bits per heavy atom. The molecule has 0 saturated heterocycles. The summed E-state index contributed by atoms with van der Waals surface area (Å²) >= 11 is 0. The van der Waals surface area contributed by atoms with Gasteiger partial charge in [-0.1, -0.05) is 6.92 Å². The Bertz CT molecular complexity index is 675. The molecule has 0 aliphatic heterocycles. The summed E-state index contributed by atoms with van der Waals surface area (Å²) in [6.07, 6.45) is 2.36. The van der Waals surface area contributed by atoms with Crippen molar-refractivity contribution < 1.29 is 12.8 Å². The van der Waals surface area contributed by atoms with Crippen molar-refractivity contribution in [1.82, 2.24) is 19.8 Å². The molecule has 0 aliphatic rings. The smallest absolute Gasteiger partial charge is 0.273 e. The van der Waals surface area contributed by atoms with Crippen molar-refractivity contribution in [2.45, 2.75) is 25.0 Å². The lowest BCUT2D eigenvalue weighted by Crippen LogP contribution is -2.25. The zero-order chi connectivity index (χ0) is 15.3. The fraction of sp³-hybridized carbons (Fsp3) is 0.462. The van der Waals surface area contributed by atoms with Gasteiger partial charge in [0.1, 0.15) is 5.76 Å². The molecule has 21 heavy (non-hydrogen) atoms. The fourth-order valence-corrected chi connectivity index (χ4v) is 2.80. The second-order valence-corrected chi connectivity index (χ2v) is 6.33. The molecule has 0 unspecified atom stereocenters. The van der Waals surface area contributed by atoms with Gasteiger partial charge in [-0.3, -0.25) is 4.68 Å². The maximum Gasteiger partial charge on any atom is 0.273 e. The molecule has 0 saturated carbocycles. The molecule has 0 radical (unpaired) electrons. The quantitative estimate of drug-likeness (QED) is 0.747. The van der Waals surface area contributed by atoms with Crippen LogP contribution in [0.15, 0.2) is 33.9 Å². The van der Waals surface area contributed by atoms with Gasteiger partial charge in [0.25, 0.3) is 10.0 Å². The molecule has 0 bridgehead atoms. The number of furan rings is 1. The predicted molar refractivity (Wildman–Crippen MR) is 78.2 cm³/mol.